The van der Waals surface area contributed by atoms with Gasteiger partial charge in [-0.2, -0.15) is 0 Å². The summed E-state index contributed by atoms with van der Waals surface area (Å²) >= 11 is 1.54. The van der Waals surface area contributed by atoms with Gasteiger partial charge in [0.15, 0.2) is 16.6 Å². The highest BCUT2D eigenvalue weighted by atomic mass is 32.2. The van der Waals surface area contributed by atoms with Crippen LogP contribution in [0.3, 0.4) is 0 Å². The van der Waals surface area contributed by atoms with Crippen molar-refractivity contribution >= 4 is 28.7 Å². The van der Waals surface area contributed by atoms with Crippen LogP contribution in [0.2, 0.25) is 0 Å². The van der Waals surface area contributed by atoms with Crippen LogP contribution in [-0.2, 0) is 0 Å². The van der Waals surface area contributed by atoms with E-state index in [1.165, 1.54) is 11.8 Å². The first-order chi connectivity index (χ1) is 11.6. The number of rotatable bonds is 6. The van der Waals surface area contributed by atoms with Crippen molar-refractivity contribution in [3.8, 4) is 0 Å². The summed E-state index contributed by atoms with van der Waals surface area (Å²) in [6, 6.07) is -0.398. The number of unbranched alkanes of at least 4 members (excludes halogenated alkanes) is 1. The number of thioether (sulfide) groups is 1. The smallest absolute Gasteiger partial charge is 0.191 e. The summed E-state index contributed by atoms with van der Waals surface area (Å²) in [6.07, 6.45) is 2.24. The Morgan fingerprint density at radius 3 is 2.79 bits per heavy atom. The number of nitrogen functional groups attached to an aromatic ring is 1. The number of anilines is 1. The maximum Gasteiger partial charge on any atom is 0.191 e. The molecule has 0 spiro atoms. The van der Waals surface area contributed by atoms with Gasteiger partial charge in [0, 0.05) is 18.3 Å². The minimum Gasteiger partial charge on any atom is -0.396 e. The lowest BCUT2D eigenvalue weighted by molar-refractivity contribution is -0.00371. The van der Waals surface area contributed by atoms with Crippen LogP contribution >= 0.6 is 11.8 Å². The van der Waals surface area contributed by atoms with E-state index in [1.54, 1.807) is 10.9 Å². The third kappa shape index (κ3) is 3.08. The predicted octanol–water partition coefficient (Wildman–Crippen LogP) is 0.576. The number of nitrogens with zero attached hydrogens (tertiary/aromatic N) is 4. The van der Waals surface area contributed by atoms with Gasteiger partial charge < -0.3 is 25.6 Å². The van der Waals surface area contributed by atoms with E-state index in [-0.39, 0.29) is 12.5 Å². The summed E-state index contributed by atoms with van der Waals surface area (Å²) in [5.41, 5.74) is 7.04. The molecule has 1 saturated carbocycles. The average Bonchev–Trinajstić information content (AvgIpc) is 3.10. The zero-order valence-electron chi connectivity index (χ0n) is 13.5. The van der Waals surface area contributed by atoms with E-state index in [4.69, 9.17) is 5.73 Å². The first kappa shape index (κ1) is 17.4. The highest BCUT2D eigenvalue weighted by molar-refractivity contribution is 7.99. The summed E-state index contributed by atoms with van der Waals surface area (Å²) in [6.45, 7) is 1.95. The maximum atomic E-state index is 10.3. The molecular formula is C15H23N5O3S. The van der Waals surface area contributed by atoms with Gasteiger partial charge in [0.05, 0.1) is 18.5 Å². The average molecular weight is 353 g/mol. The second-order valence-electron chi connectivity index (χ2n) is 6.14. The van der Waals surface area contributed by atoms with Gasteiger partial charge in [0.1, 0.15) is 11.6 Å². The minimum atomic E-state index is -0.980. The van der Waals surface area contributed by atoms with E-state index in [2.05, 4.69) is 21.9 Å². The van der Waals surface area contributed by atoms with E-state index < -0.39 is 18.2 Å². The van der Waals surface area contributed by atoms with Crippen LogP contribution in [0.25, 0.3) is 11.2 Å². The van der Waals surface area contributed by atoms with Crippen LogP contribution in [0.5, 0.6) is 0 Å². The second-order valence-corrected chi connectivity index (χ2v) is 7.21. The number of aromatic nitrogens is 4. The van der Waals surface area contributed by atoms with Crippen LogP contribution in [0.1, 0.15) is 32.2 Å². The van der Waals surface area contributed by atoms with Crippen molar-refractivity contribution in [2.24, 2.45) is 5.92 Å². The van der Waals surface area contributed by atoms with Crippen molar-refractivity contribution in [1.82, 2.24) is 19.5 Å². The van der Waals surface area contributed by atoms with E-state index >= 15 is 0 Å². The SMILES string of the molecule is CCCCSc1nc(N)c2ncn(C3CC(CO)C(O)C3O)c2n1. The summed E-state index contributed by atoms with van der Waals surface area (Å²) < 4.78 is 1.74. The molecule has 2 aromatic heterocycles. The Morgan fingerprint density at radius 1 is 1.33 bits per heavy atom. The van der Waals surface area contributed by atoms with Gasteiger partial charge in [0.2, 0.25) is 0 Å². The van der Waals surface area contributed by atoms with Crippen molar-refractivity contribution < 1.29 is 15.3 Å². The Labute approximate surface area is 144 Å². The van der Waals surface area contributed by atoms with Crippen LogP contribution in [0, 0.1) is 5.92 Å². The molecular weight excluding hydrogens is 330 g/mol. The predicted molar refractivity (Wildman–Crippen MR) is 91.6 cm³/mol. The first-order valence-corrected chi connectivity index (χ1v) is 9.15. The Kier molecular flexibility index (Phi) is 5.24. The van der Waals surface area contributed by atoms with Crippen molar-refractivity contribution in [3.05, 3.63) is 6.33 Å². The maximum absolute atomic E-state index is 10.3. The van der Waals surface area contributed by atoms with Gasteiger partial charge >= 0.3 is 0 Å². The molecule has 0 aliphatic heterocycles. The molecule has 4 atom stereocenters. The molecule has 1 aliphatic carbocycles. The molecule has 2 aromatic rings. The number of hydrogen-bond donors (Lipinski definition) is 4. The Morgan fingerprint density at radius 2 is 2.12 bits per heavy atom. The zero-order valence-corrected chi connectivity index (χ0v) is 14.4. The monoisotopic (exact) mass is 353 g/mol. The molecule has 1 fully saturated rings. The fraction of sp³-hybridized carbons (Fsp3) is 0.667. The summed E-state index contributed by atoms with van der Waals surface area (Å²) in [5.74, 6) is 0.858. The number of fused-ring (bicyclic) bond motifs is 1. The number of aliphatic hydroxyl groups excluding tert-OH is 3. The molecule has 2 heterocycles. The van der Waals surface area contributed by atoms with E-state index in [0.717, 1.165) is 18.6 Å². The van der Waals surface area contributed by atoms with Crippen molar-refractivity contribution in [3.63, 3.8) is 0 Å². The number of hydrogen-bond acceptors (Lipinski definition) is 8. The van der Waals surface area contributed by atoms with E-state index in [1.807, 2.05) is 0 Å². The van der Waals surface area contributed by atoms with Gasteiger partial charge in [0.25, 0.3) is 0 Å². The molecule has 0 aromatic carbocycles. The highest BCUT2D eigenvalue weighted by Crippen LogP contribution is 2.37. The normalized spacial score (nSPS) is 27.2. The molecule has 0 amide bonds. The molecule has 0 saturated heterocycles. The Hall–Kier alpha value is -1.42. The lowest BCUT2D eigenvalue weighted by atomic mass is 10.1. The van der Waals surface area contributed by atoms with E-state index in [9.17, 15) is 15.3 Å². The molecule has 0 bridgehead atoms. The molecule has 1 aliphatic rings. The number of nitrogens with two attached hydrogens (primary N) is 1. The molecule has 132 valence electrons. The number of imidazole rings is 1. The van der Waals surface area contributed by atoms with E-state index in [0.29, 0.717) is 28.6 Å². The van der Waals surface area contributed by atoms with Gasteiger partial charge in [-0.05, 0) is 12.8 Å². The van der Waals surface area contributed by atoms with Gasteiger partial charge in [-0.3, -0.25) is 0 Å². The summed E-state index contributed by atoms with van der Waals surface area (Å²) in [7, 11) is 0. The zero-order chi connectivity index (χ0) is 17.3. The van der Waals surface area contributed by atoms with Crippen LogP contribution in [0.4, 0.5) is 5.82 Å². The highest BCUT2D eigenvalue weighted by Gasteiger charge is 2.42. The largest absolute Gasteiger partial charge is 0.396 e. The lowest BCUT2D eigenvalue weighted by Crippen LogP contribution is -2.30. The van der Waals surface area contributed by atoms with Crippen LogP contribution < -0.4 is 5.73 Å². The minimum absolute atomic E-state index is 0.170. The molecule has 8 nitrogen and oxygen atoms in total. The topological polar surface area (TPSA) is 130 Å². The molecule has 24 heavy (non-hydrogen) atoms. The van der Waals surface area contributed by atoms with Crippen molar-refractivity contribution in [2.75, 3.05) is 18.1 Å². The Bertz CT molecular complexity index is 710. The van der Waals surface area contributed by atoms with Crippen molar-refractivity contribution in [1.29, 1.82) is 0 Å². The fourth-order valence-electron chi connectivity index (χ4n) is 3.09. The van der Waals surface area contributed by atoms with Crippen LogP contribution in [-0.4, -0.2) is 59.4 Å². The number of aliphatic hydroxyl groups is 3. The lowest BCUT2D eigenvalue weighted by Gasteiger charge is -2.18. The molecule has 0 radical (unpaired) electrons. The van der Waals surface area contributed by atoms with Gasteiger partial charge in [-0.15, -0.1) is 0 Å². The molecule has 5 N–H and O–H groups in total. The van der Waals surface area contributed by atoms with Crippen LogP contribution in [0.15, 0.2) is 11.5 Å². The third-order valence-electron chi connectivity index (χ3n) is 4.52. The molecule has 9 heteroatoms. The van der Waals surface area contributed by atoms with Gasteiger partial charge in [-0.25, -0.2) is 15.0 Å². The molecule has 3 rings (SSSR count). The quantitative estimate of drug-likeness (QED) is 0.337. The van der Waals surface area contributed by atoms with Gasteiger partial charge in [-0.1, -0.05) is 25.1 Å². The molecule has 4 unspecified atom stereocenters. The van der Waals surface area contributed by atoms with Crippen molar-refractivity contribution in [2.45, 2.75) is 49.6 Å². The summed E-state index contributed by atoms with van der Waals surface area (Å²) in [5, 5.41) is 30.3. The fourth-order valence-corrected chi connectivity index (χ4v) is 4.02. The summed E-state index contributed by atoms with van der Waals surface area (Å²) in [4.78, 5) is 13.1. The first-order valence-electron chi connectivity index (χ1n) is 8.16. The Balaban J connectivity index is 1.94. The third-order valence-corrected chi connectivity index (χ3v) is 5.45. The second kappa shape index (κ2) is 7.22. The standard InChI is InChI=1S/C15H23N5O3S/c1-2-3-4-24-15-18-13(16)10-14(19-15)20(7-17-10)9-5-8(6-21)11(22)12(9)23/h7-9,11-12,21-23H,2-6H2,1H3,(H2,16,18,19).